The van der Waals surface area contributed by atoms with Crippen molar-refractivity contribution < 1.29 is 14.3 Å². The van der Waals surface area contributed by atoms with Gasteiger partial charge in [0, 0.05) is 42.5 Å². The van der Waals surface area contributed by atoms with Crippen molar-refractivity contribution in [2.24, 2.45) is 5.92 Å². The van der Waals surface area contributed by atoms with Crippen molar-refractivity contribution in [1.82, 2.24) is 9.47 Å². The average molecular weight is 373 g/mol. The molecular weight excluding hydrogens is 342 g/mol. The maximum absolute atomic E-state index is 12.3. The highest BCUT2D eigenvalue weighted by Gasteiger charge is 2.12. The van der Waals surface area contributed by atoms with Gasteiger partial charge >= 0.3 is 0 Å². The van der Waals surface area contributed by atoms with Gasteiger partial charge in [-0.2, -0.15) is 0 Å². The first kappa shape index (κ1) is 21.0. The van der Waals surface area contributed by atoms with Crippen LogP contribution in [-0.4, -0.2) is 47.6 Å². The lowest BCUT2D eigenvalue weighted by Crippen LogP contribution is -2.33. The summed E-state index contributed by atoms with van der Waals surface area (Å²) in [4.78, 5) is 26.2. The molecule has 1 N–H and O–H groups in total. The Hall–Kier alpha value is -2.34. The molecule has 0 fully saturated rings. The standard InChI is InChI=1S/C21H31N3O3/c1-5-23(6-2)21(26)14-24-11-9-17-13-18(7-8-19(17)24)22-20(25)10-12-27-15-16(3)4/h7-9,11,13,16H,5-6,10,12,14-15H2,1-4H3,(H,22,25). The number of carbonyl (C=O) groups is 2. The molecule has 6 heteroatoms. The zero-order chi connectivity index (χ0) is 19.8. The average Bonchev–Trinajstić information content (AvgIpc) is 3.01. The zero-order valence-electron chi connectivity index (χ0n) is 16.8. The number of hydrogen-bond acceptors (Lipinski definition) is 3. The topological polar surface area (TPSA) is 63.6 Å². The number of amides is 2. The molecule has 0 aliphatic rings. The van der Waals surface area contributed by atoms with Gasteiger partial charge in [0.15, 0.2) is 0 Å². The van der Waals surface area contributed by atoms with Crippen molar-refractivity contribution in [3.8, 4) is 0 Å². The molecule has 0 saturated heterocycles. The monoisotopic (exact) mass is 373 g/mol. The molecule has 6 nitrogen and oxygen atoms in total. The molecule has 27 heavy (non-hydrogen) atoms. The maximum atomic E-state index is 12.3. The molecule has 0 aliphatic carbocycles. The summed E-state index contributed by atoms with van der Waals surface area (Å²) < 4.78 is 7.40. The van der Waals surface area contributed by atoms with Gasteiger partial charge in [-0.05, 0) is 44.0 Å². The summed E-state index contributed by atoms with van der Waals surface area (Å²) in [5, 5.41) is 3.90. The third-order valence-corrected chi connectivity index (χ3v) is 4.40. The molecule has 0 atom stereocenters. The number of aromatic nitrogens is 1. The van der Waals surface area contributed by atoms with Crippen molar-refractivity contribution in [1.29, 1.82) is 0 Å². The smallest absolute Gasteiger partial charge is 0.242 e. The molecule has 1 aromatic heterocycles. The molecule has 1 aromatic carbocycles. The summed E-state index contributed by atoms with van der Waals surface area (Å²) in [6.45, 7) is 11.0. The maximum Gasteiger partial charge on any atom is 0.242 e. The zero-order valence-corrected chi connectivity index (χ0v) is 16.8. The van der Waals surface area contributed by atoms with Gasteiger partial charge in [0.1, 0.15) is 6.54 Å². The van der Waals surface area contributed by atoms with Crippen LogP contribution in [0.15, 0.2) is 30.5 Å². The van der Waals surface area contributed by atoms with E-state index in [1.807, 2.05) is 53.8 Å². The molecule has 148 valence electrons. The lowest BCUT2D eigenvalue weighted by atomic mass is 10.2. The van der Waals surface area contributed by atoms with Crippen molar-refractivity contribution in [3.63, 3.8) is 0 Å². The third kappa shape index (κ3) is 6.10. The number of hydrogen-bond donors (Lipinski definition) is 1. The van der Waals surface area contributed by atoms with Crippen LogP contribution in [0.3, 0.4) is 0 Å². The van der Waals surface area contributed by atoms with Crippen molar-refractivity contribution >= 4 is 28.4 Å². The summed E-state index contributed by atoms with van der Waals surface area (Å²) in [5.74, 6) is 0.513. The van der Waals surface area contributed by atoms with Crippen LogP contribution in [0.2, 0.25) is 0 Å². The van der Waals surface area contributed by atoms with E-state index in [9.17, 15) is 9.59 Å². The first-order valence-electron chi connectivity index (χ1n) is 9.68. The molecule has 0 saturated carbocycles. The number of fused-ring (bicyclic) bond motifs is 1. The van der Waals surface area contributed by atoms with Gasteiger partial charge in [-0.25, -0.2) is 0 Å². The Morgan fingerprint density at radius 1 is 1.19 bits per heavy atom. The number of benzene rings is 1. The first-order valence-corrected chi connectivity index (χ1v) is 9.68. The van der Waals surface area contributed by atoms with Gasteiger partial charge in [0.2, 0.25) is 11.8 Å². The minimum atomic E-state index is -0.0609. The van der Waals surface area contributed by atoms with E-state index < -0.39 is 0 Å². The van der Waals surface area contributed by atoms with Crippen LogP contribution < -0.4 is 5.32 Å². The Bertz CT molecular complexity index is 763. The summed E-state index contributed by atoms with van der Waals surface area (Å²) in [5.41, 5.74) is 1.73. The highest BCUT2D eigenvalue weighted by atomic mass is 16.5. The van der Waals surface area contributed by atoms with E-state index in [0.29, 0.717) is 45.2 Å². The molecule has 0 aliphatic heterocycles. The number of likely N-dealkylation sites (N-methyl/N-ethyl adjacent to an activating group) is 1. The van der Waals surface area contributed by atoms with Crippen LogP contribution in [0.4, 0.5) is 5.69 Å². The molecule has 0 spiro atoms. The van der Waals surface area contributed by atoms with Gasteiger partial charge in [-0.15, -0.1) is 0 Å². The Morgan fingerprint density at radius 3 is 2.59 bits per heavy atom. The molecule has 2 rings (SSSR count). The number of ether oxygens (including phenoxy) is 1. The van der Waals surface area contributed by atoms with Crippen molar-refractivity contribution in [3.05, 3.63) is 30.5 Å². The van der Waals surface area contributed by atoms with Crippen LogP contribution >= 0.6 is 0 Å². The largest absolute Gasteiger partial charge is 0.381 e. The van der Waals surface area contributed by atoms with E-state index in [1.165, 1.54) is 0 Å². The molecule has 0 bridgehead atoms. The minimum Gasteiger partial charge on any atom is -0.381 e. The number of carbonyl (C=O) groups excluding carboxylic acids is 2. The quantitative estimate of drug-likeness (QED) is 0.648. The second kappa shape index (κ2) is 10.1. The summed E-state index contributed by atoms with van der Waals surface area (Å²) in [6.07, 6.45) is 2.25. The van der Waals surface area contributed by atoms with E-state index >= 15 is 0 Å². The number of nitrogens with one attached hydrogen (secondary N) is 1. The van der Waals surface area contributed by atoms with E-state index in [2.05, 4.69) is 19.2 Å². The SMILES string of the molecule is CCN(CC)C(=O)Cn1ccc2cc(NC(=O)CCOCC(C)C)ccc21. The molecule has 1 heterocycles. The van der Waals surface area contributed by atoms with E-state index in [1.54, 1.807) is 0 Å². The minimum absolute atomic E-state index is 0.0609. The molecule has 2 aromatic rings. The predicted molar refractivity (Wildman–Crippen MR) is 109 cm³/mol. The highest BCUT2D eigenvalue weighted by Crippen LogP contribution is 2.21. The Balaban J connectivity index is 1.96. The van der Waals surface area contributed by atoms with Crippen molar-refractivity contribution in [2.45, 2.75) is 40.7 Å². The molecular formula is C21H31N3O3. The Labute approximate surface area is 161 Å². The molecule has 2 amide bonds. The molecule has 0 unspecified atom stereocenters. The van der Waals surface area contributed by atoms with Gasteiger partial charge in [0.25, 0.3) is 0 Å². The lowest BCUT2D eigenvalue weighted by Gasteiger charge is -2.19. The van der Waals surface area contributed by atoms with Crippen LogP contribution in [0.1, 0.15) is 34.1 Å². The molecule has 0 radical (unpaired) electrons. The normalized spacial score (nSPS) is 11.1. The summed E-state index contributed by atoms with van der Waals surface area (Å²) in [6, 6.07) is 7.70. The lowest BCUT2D eigenvalue weighted by molar-refractivity contribution is -0.131. The Kier molecular flexibility index (Phi) is 7.85. The fraction of sp³-hybridized carbons (Fsp3) is 0.524. The van der Waals surface area contributed by atoms with Gasteiger partial charge in [0.05, 0.1) is 13.0 Å². The van der Waals surface area contributed by atoms with Crippen LogP contribution in [0, 0.1) is 5.92 Å². The fourth-order valence-electron chi connectivity index (χ4n) is 2.95. The van der Waals surface area contributed by atoms with E-state index in [4.69, 9.17) is 4.74 Å². The summed E-state index contributed by atoms with van der Waals surface area (Å²) in [7, 11) is 0. The highest BCUT2D eigenvalue weighted by molar-refractivity contribution is 5.94. The number of anilines is 1. The fourth-order valence-corrected chi connectivity index (χ4v) is 2.95. The first-order chi connectivity index (χ1) is 12.9. The van der Waals surface area contributed by atoms with Gasteiger partial charge in [-0.3, -0.25) is 9.59 Å². The second-order valence-corrected chi connectivity index (χ2v) is 7.05. The van der Waals surface area contributed by atoms with Gasteiger partial charge < -0.3 is 19.5 Å². The second-order valence-electron chi connectivity index (χ2n) is 7.05. The van der Waals surface area contributed by atoms with Crippen LogP contribution in [-0.2, 0) is 20.9 Å². The van der Waals surface area contributed by atoms with Crippen molar-refractivity contribution in [2.75, 3.05) is 31.6 Å². The van der Waals surface area contributed by atoms with E-state index in [0.717, 1.165) is 16.6 Å². The predicted octanol–water partition coefficient (Wildman–Crippen LogP) is 3.51. The van der Waals surface area contributed by atoms with E-state index in [-0.39, 0.29) is 11.8 Å². The summed E-state index contributed by atoms with van der Waals surface area (Å²) >= 11 is 0. The number of nitrogens with zero attached hydrogens (tertiary/aromatic N) is 2. The third-order valence-electron chi connectivity index (χ3n) is 4.40. The number of rotatable bonds is 10. The Morgan fingerprint density at radius 2 is 1.93 bits per heavy atom. The van der Waals surface area contributed by atoms with Crippen LogP contribution in [0.25, 0.3) is 10.9 Å². The van der Waals surface area contributed by atoms with Gasteiger partial charge in [-0.1, -0.05) is 13.8 Å². The van der Waals surface area contributed by atoms with Crippen LogP contribution in [0.5, 0.6) is 0 Å².